The number of aromatic nitrogens is 3. The van der Waals surface area contributed by atoms with Crippen molar-refractivity contribution in [1.82, 2.24) is 15.0 Å². The van der Waals surface area contributed by atoms with E-state index in [2.05, 4.69) is 10.3 Å². The topological polar surface area (TPSA) is 103 Å². The molecular formula is C15H14N4O4. The number of para-hydroxylation sites is 3. The zero-order valence-corrected chi connectivity index (χ0v) is 12.1. The molecule has 0 unspecified atom stereocenters. The van der Waals surface area contributed by atoms with Crippen molar-refractivity contribution in [3.8, 4) is 5.75 Å². The van der Waals surface area contributed by atoms with Gasteiger partial charge in [-0.05, 0) is 18.2 Å². The average Bonchev–Trinajstić information content (AvgIpc) is 2.96. The maximum atomic E-state index is 10.9. The minimum atomic E-state index is -0.875. The SMILES string of the molecule is O=[N+]([O-])c1ccccc1OC[C@@H](O)Cn1nnc2ccccc21. The molecule has 3 rings (SSSR count). The van der Waals surface area contributed by atoms with Crippen LogP contribution in [0, 0.1) is 10.1 Å². The second kappa shape index (κ2) is 6.41. The van der Waals surface area contributed by atoms with E-state index in [1.165, 1.54) is 12.1 Å². The van der Waals surface area contributed by atoms with Gasteiger partial charge in [0.2, 0.25) is 0 Å². The van der Waals surface area contributed by atoms with E-state index in [1.807, 2.05) is 24.3 Å². The first kappa shape index (κ1) is 14.9. The fourth-order valence-electron chi connectivity index (χ4n) is 2.22. The minimum absolute atomic E-state index is 0.0843. The molecule has 0 saturated carbocycles. The standard InChI is InChI=1S/C15H14N4O4/c20-11(9-18-13-6-2-1-5-12(13)16-17-18)10-23-15-8-4-3-7-14(15)19(21)22/h1-8,11,20H,9-10H2/t11-/m0/s1. The number of benzene rings is 2. The van der Waals surface area contributed by atoms with Gasteiger partial charge in [0.1, 0.15) is 18.2 Å². The summed E-state index contributed by atoms with van der Waals surface area (Å²) < 4.78 is 6.94. The van der Waals surface area contributed by atoms with Gasteiger partial charge in [0.05, 0.1) is 17.0 Å². The molecule has 0 aliphatic carbocycles. The molecule has 3 aromatic rings. The minimum Gasteiger partial charge on any atom is -0.484 e. The van der Waals surface area contributed by atoms with Crippen molar-refractivity contribution >= 4 is 16.7 Å². The molecule has 0 radical (unpaired) electrons. The summed E-state index contributed by atoms with van der Waals surface area (Å²) >= 11 is 0. The highest BCUT2D eigenvalue weighted by Gasteiger charge is 2.16. The molecule has 1 heterocycles. The number of rotatable bonds is 6. The summed E-state index contributed by atoms with van der Waals surface area (Å²) in [5.41, 5.74) is 1.41. The Balaban J connectivity index is 1.66. The zero-order valence-electron chi connectivity index (χ0n) is 12.1. The molecule has 0 bridgehead atoms. The van der Waals surface area contributed by atoms with Crippen LogP contribution in [0.1, 0.15) is 0 Å². The van der Waals surface area contributed by atoms with Crippen LogP contribution in [-0.2, 0) is 6.54 Å². The summed E-state index contributed by atoms with van der Waals surface area (Å²) in [7, 11) is 0. The maximum absolute atomic E-state index is 10.9. The van der Waals surface area contributed by atoms with Crippen LogP contribution in [0.15, 0.2) is 48.5 Å². The van der Waals surface area contributed by atoms with E-state index in [4.69, 9.17) is 4.74 Å². The molecular weight excluding hydrogens is 300 g/mol. The Hall–Kier alpha value is -3.00. The van der Waals surface area contributed by atoms with E-state index in [9.17, 15) is 15.2 Å². The summed E-state index contributed by atoms with van der Waals surface area (Å²) in [5, 5.41) is 29.0. The number of aliphatic hydroxyl groups is 1. The van der Waals surface area contributed by atoms with Gasteiger partial charge in [-0.3, -0.25) is 10.1 Å². The van der Waals surface area contributed by atoms with Crippen LogP contribution >= 0.6 is 0 Å². The number of fused-ring (bicyclic) bond motifs is 1. The van der Waals surface area contributed by atoms with Crippen molar-refractivity contribution in [3.63, 3.8) is 0 Å². The molecule has 0 amide bonds. The number of hydrogen-bond acceptors (Lipinski definition) is 6. The van der Waals surface area contributed by atoms with Gasteiger partial charge in [0, 0.05) is 6.07 Å². The number of nitro benzene ring substituents is 1. The van der Waals surface area contributed by atoms with E-state index in [-0.39, 0.29) is 24.6 Å². The third-order valence-electron chi connectivity index (χ3n) is 3.30. The summed E-state index contributed by atoms with van der Waals surface area (Å²) in [6.45, 7) is 0.0974. The van der Waals surface area contributed by atoms with E-state index in [1.54, 1.807) is 16.8 Å². The lowest BCUT2D eigenvalue weighted by atomic mass is 10.3. The number of aliphatic hydroxyl groups excluding tert-OH is 1. The Kier molecular flexibility index (Phi) is 4.15. The van der Waals surface area contributed by atoms with Crippen LogP contribution in [0.3, 0.4) is 0 Å². The number of nitro groups is 1. The molecule has 118 valence electrons. The Morgan fingerprint density at radius 2 is 1.96 bits per heavy atom. The monoisotopic (exact) mass is 314 g/mol. The van der Waals surface area contributed by atoms with Crippen LogP contribution in [0.25, 0.3) is 11.0 Å². The third kappa shape index (κ3) is 3.27. The highest BCUT2D eigenvalue weighted by atomic mass is 16.6. The summed E-state index contributed by atoms with van der Waals surface area (Å²) in [5.74, 6) is 0.125. The van der Waals surface area contributed by atoms with Crippen molar-refractivity contribution in [1.29, 1.82) is 0 Å². The lowest BCUT2D eigenvalue weighted by Crippen LogP contribution is -2.24. The van der Waals surface area contributed by atoms with E-state index >= 15 is 0 Å². The van der Waals surface area contributed by atoms with Crippen LogP contribution < -0.4 is 4.74 Å². The van der Waals surface area contributed by atoms with Crippen molar-refractivity contribution in [2.45, 2.75) is 12.6 Å². The fourth-order valence-corrected chi connectivity index (χ4v) is 2.22. The second-order valence-corrected chi connectivity index (χ2v) is 4.95. The van der Waals surface area contributed by atoms with Gasteiger partial charge in [0.25, 0.3) is 0 Å². The van der Waals surface area contributed by atoms with Gasteiger partial charge in [0.15, 0.2) is 5.75 Å². The van der Waals surface area contributed by atoms with Crippen LogP contribution in [0.4, 0.5) is 5.69 Å². The summed E-state index contributed by atoms with van der Waals surface area (Å²) in [4.78, 5) is 10.4. The number of nitrogens with zero attached hydrogens (tertiary/aromatic N) is 4. The molecule has 2 aromatic carbocycles. The molecule has 1 aromatic heterocycles. The van der Waals surface area contributed by atoms with Gasteiger partial charge in [-0.1, -0.05) is 29.5 Å². The molecule has 1 N–H and O–H groups in total. The predicted octanol–water partition coefficient (Wildman–Crippen LogP) is 1.78. The van der Waals surface area contributed by atoms with Crippen molar-refractivity contribution in [2.24, 2.45) is 0 Å². The summed E-state index contributed by atoms with van der Waals surface area (Å²) in [6, 6.07) is 13.4. The van der Waals surface area contributed by atoms with Crippen LogP contribution in [0.2, 0.25) is 0 Å². The van der Waals surface area contributed by atoms with Gasteiger partial charge in [-0.15, -0.1) is 5.10 Å². The molecule has 0 spiro atoms. The van der Waals surface area contributed by atoms with Gasteiger partial charge < -0.3 is 9.84 Å². The molecule has 0 aliphatic rings. The molecule has 1 atom stereocenters. The van der Waals surface area contributed by atoms with Crippen molar-refractivity contribution in [3.05, 3.63) is 58.6 Å². The Labute approximate surface area is 131 Å². The second-order valence-electron chi connectivity index (χ2n) is 4.95. The highest BCUT2D eigenvalue weighted by molar-refractivity contribution is 5.73. The van der Waals surface area contributed by atoms with Crippen LogP contribution in [0.5, 0.6) is 5.75 Å². The largest absolute Gasteiger partial charge is 0.484 e. The quantitative estimate of drug-likeness (QED) is 0.549. The van der Waals surface area contributed by atoms with Gasteiger partial charge in [-0.2, -0.15) is 0 Å². The van der Waals surface area contributed by atoms with E-state index < -0.39 is 11.0 Å². The Morgan fingerprint density at radius 3 is 2.78 bits per heavy atom. The zero-order chi connectivity index (χ0) is 16.2. The third-order valence-corrected chi connectivity index (χ3v) is 3.30. The Morgan fingerprint density at radius 1 is 1.22 bits per heavy atom. The van der Waals surface area contributed by atoms with Crippen molar-refractivity contribution in [2.75, 3.05) is 6.61 Å². The highest BCUT2D eigenvalue weighted by Crippen LogP contribution is 2.25. The van der Waals surface area contributed by atoms with E-state index in [0.717, 1.165) is 11.0 Å². The van der Waals surface area contributed by atoms with Gasteiger partial charge >= 0.3 is 5.69 Å². The fraction of sp³-hybridized carbons (Fsp3) is 0.200. The first-order valence-electron chi connectivity index (χ1n) is 6.97. The predicted molar refractivity (Wildman–Crippen MR) is 82.1 cm³/mol. The summed E-state index contributed by atoms with van der Waals surface area (Å²) in [6.07, 6.45) is -0.875. The average molecular weight is 314 g/mol. The van der Waals surface area contributed by atoms with E-state index in [0.29, 0.717) is 0 Å². The molecule has 0 saturated heterocycles. The molecule has 0 fully saturated rings. The first-order chi connectivity index (χ1) is 11.1. The Bertz CT molecular complexity index is 833. The lowest BCUT2D eigenvalue weighted by Gasteiger charge is -2.12. The smallest absolute Gasteiger partial charge is 0.310 e. The lowest BCUT2D eigenvalue weighted by molar-refractivity contribution is -0.385. The van der Waals surface area contributed by atoms with Gasteiger partial charge in [-0.25, -0.2) is 4.68 Å². The number of hydrogen-bond donors (Lipinski definition) is 1. The molecule has 8 heteroatoms. The normalized spacial score (nSPS) is 12.2. The molecule has 23 heavy (non-hydrogen) atoms. The van der Waals surface area contributed by atoms with Crippen molar-refractivity contribution < 1.29 is 14.8 Å². The number of ether oxygens (including phenoxy) is 1. The molecule has 8 nitrogen and oxygen atoms in total. The molecule has 0 aliphatic heterocycles. The maximum Gasteiger partial charge on any atom is 0.310 e. The van der Waals surface area contributed by atoms with Crippen LogP contribution in [-0.4, -0.2) is 37.7 Å². The first-order valence-corrected chi connectivity index (χ1v) is 6.97.